The van der Waals surface area contributed by atoms with Gasteiger partial charge in [0.25, 0.3) is 0 Å². The second-order valence-corrected chi connectivity index (χ2v) is 5.62. The van der Waals surface area contributed by atoms with E-state index in [-0.39, 0.29) is 12.8 Å². The molecular formula is C8H11O5PS. The van der Waals surface area contributed by atoms with E-state index in [0.717, 1.165) is 11.3 Å². The Kier molecular flexibility index (Phi) is 4.04. The van der Waals surface area contributed by atoms with Crippen LogP contribution in [0.2, 0.25) is 0 Å². The van der Waals surface area contributed by atoms with Crippen LogP contribution in [0.25, 0.3) is 0 Å². The van der Waals surface area contributed by atoms with Gasteiger partial charge in [0.05, 0.1) is 12.8 Å². The third kappa shape index (κ3) is 4.13. The van der Waals surface area contributed by atoms with Gasteiger partial charge in [0.15, 0.2) is 0 Å². The molecule has 1 aromatic rings. The molecular weight excluding hydrogens is 239 g/mol. The van der Waals surface area contributed by atoms with Crippen molar-refractivity contribution in [1.82, 2.24) is 0 Å². The first-order chi connectivity index (χ1) is 6.92. The maximum absolute atomic E-state index is 11.2. The second kappa shape index (κ2) is 4.90. The molecule has 84 valence electrons. The molecule has 0 aliphatic rings. The summed E-state index contributed by atoms with van der Waals surface area (Å²) in [5, 5.41) is 0. The highest BCUT2D eigenvalue weighted by atomic mass is 32.1. The van der Waals surface area contributed by atoms with Crippen LogP contribution < -0.4 is 0 Å². The average Bonchev–Trinajstić information content (AvgIpc) is 2.50. The Morgan fingerprint density at radius 3 is 2.73 bits per heavy atom. The molecule has 5 nitrogen and oxygen atoms in total. The third-order valence-corrected chi connectivity index (χ3v) is 3.53. The summed E-state index contributed by atoms with van der Waals surface area (Å²) in [5.41, 5.74) is 0. The lowest BCUT2D eigenvalue weighted by atomic mass is 10.4. The lowest BCUT2D eigenvalue weighted by Gasteiger charge is -1.99. The van der Waals surface area contributed by atoms with Gasteiger partial charge in [0, 0.05) is 4.88 Å². The number of thiophene rings is 1. The van der Waals surface area contributed by atoms with Gasteiger partial charge in [0.1, 0.15) is 4.88 Å². The van der Waals surface area contributed by atoms with Crippen molar-refractivity contribution < 1.29 is 23.9 Å². The second-order valence-electron chi connectivity index (χ2n) is 2.81. The molecule has 0 amide bonds. The van der Waals surface area contributed by atoms with Crippen LogP contribution in [-0.2, 0) is 15.5 Å². The summed E-state index contributed by atoms with van der Waals surface area (Å²) in [7, 11) is -4.06. The standard InChI is InChI=1S/C8H11O5PS/c1-2-13-8(9)7-4-3-6(15-7)5-14(10,11)12/h3-4H,2,5H2,1H3,(H2,10,11,12). The van der Waals surface area contributed by atoms with Crippen molar-refractivity contribution in [2.75, 3.05) is 6.61 Å². The Bertz CT molecular complexity index is 393. The lowest BCUT2D eigenvalue weighted by molar-refractivity contribution is 0.0532. The Morgan fingerprint density at radius 1 is 1.53 bits per heavy atom. The molecule has 1 aromatic heterocycles. The van der Waals surface area contributed by atoms with Crippen LogP contribution in [0.15, 0.2) is 12.1 Å². The molecule has 2 N–H and O–H groups in total. The Balaban J connectivity index is 2.72. The molecule has 0 atom stereocenters. The average molecular weight is 250 g/mol. The number of hydrogen-bond donors (Lipinski definition) is 2. The largest absolute Gasteiger partial charge is 0.462 e. The van der Waals surface area contributed by atoms with Crippen molar-refractivity contribution in [2.24, 2.45) is 0 Å². The summed E-state index contributed by atoms with van der Waals surface area (Å²) in [4.78, 5) is 29.5. The Hall–Kier alpha value is -0.680. The van der Waals surface area contributed by atoms with Crippen LogP contribution in [0, 0.1) is 0 Å². The number of ether oxygens (including phenoxy) is 1. The van der Waals surface area contributed by atoms with E-state index in [9.17, 15) is 9.36 Å². The van der Waals surface area contributed by atoms with Gasteiger partial charge in [-0.2, -0.15) is 0 Å². The number of carbonyl (C=O) groups is 1. The van der Waals surface area contributed by atoms with Crippen LogP contribution >= 0.6 is 18.9 Å². The molecule has 0 saturated heterocycles. The fourth-order valence-corrected chi connectivity index (χ4v) is 2.95. The number of rotatable bonds is 4. The van der Waals surface area contributed by atoms with Crippen LogP contribution in [0.1, 0.15) is 21.5 Å². The predicted molar refractivity (Wildman–Crippen MR) is 56.0 cm³/mol. The lowest BCUT2D eigenvalue weighted by Crippen LogP contribution is -2.01. The first-order valence-electron chi connectivity index (χ1n) is 4.23. The minimum absolute atomic E-state index is 0.282. The van der Waals surface area contributed by atoms with Crippen molar-refractivity contribution in [3.8, 4) is 0 Å². The van der Waals surface area contributed by atoms with E-state index in [1.54, 1.807) is 6.92 Å². The van der Waals surface area contributed by atoms with E-state index in [0.29, 0.717) is 9.75 Å². The molecule has 0 fully saturated rings. The molecule has 0 bridgehead atoms. The van der Waals surface area contributed by atoms with Crippen molar-refractivity contribution >= 4 is 24.9 Å². The molecule has 7 heteroatoms. The van der Waals surface area contributed by atoms with Gasteiger partial charge in [-0.15, -0.1) is 11.3 Å². The highest BCUT2D eigenvalue weighted by Crippen LogP contribution is 2.40. The summed E-state index contributed by atoms with van der Waals surface area (Å²) in [6.07, 6.45) is -0.336. The SMILES string of the molecule is CCOC(=O)c1ccc(CP(=O)(O)O)s1. The van der Waals surface area contributed by atoms with Gasteiger partial charge in [0.2, 0.25) is 0 Å². The quantitative estimate of drug-likeness (QED) is 0.626. The fourth-order valence-electron chi connectivity index (χ4n) is 0.978. The first kappa shape index (κ1) is 12.4. The number of carbonyl (C=O) groups excluding carboxylic acids is 1. The maximum atomic E-state index is 11.2. The molecule has 0 unspecified atom stereocenters. The van der Waals surface area contributed by atoms with E-state index in [1.807, 2.05) is 0 Å². The zero-order valence-corrected chi connectivity index (χ0v) is 9.75. The number of hydrogen-bond acceptors (Lipinski definition) is 4. The summed E-state index contributed by atoms with van der Waals surface area (Å²) in [6, 6.07) is 3.03. The summed E-state index contributed by atoms with van der Waals surface area (Å²) in [6.45, 7) is 1.98. The maximum Gasteiger partial charge on any atom is 0.348 e. The minimum Gasteiger partial charge on any atom is -0.462 e. The van der Waals surface area contributed by atoms with E-state index >= 15 is 0 Å². The van der Waals surface area contributed by atoms with Gasteiger partial charge in [-0.25, -0.2) is 4.79 Å². The normalized spacial score (nSPS) is 11.4. The zero-order chi connectivity index (χ0) is 11.5. The molecule has 0 aromatic carbocycles. The van der Waals surface area contributed by atoms with Crippen LogP contribution in [0.5, 0.6) is 0 Å². The predicted octanol–water partition coefficient (Wildman–Crippen LogP) is 1.60. The van der Waals surface area contributed by atoms with Crippen LogP contribution in [-0.4, -0.2) is 22.4 Å². The van der Waals surface area contributed by atoms with Crippen LogP contribution in [0.4, 0.5) is 0 Å². The molecule has 0 radical (unpaired) electrons. The van der Waals surface area contributed by atoms with Gasteiger partial charge in [-0.3, -0.25) is 4.57 Å². The van der Waals surface area contributed by atoms with Crippen molar-refractivity contribution in [1.29, 1.82) is 0 Å². The van der Waals surface area contributed by atoms with E-state index in [1.165, 1.54) is 12.1 Å². The summed E-state index contributed by atoms with van der Waals surface area (Å²) < 4.78 is 15.4. The zero-order valence-electron chi connectivity index (χ0n) is 8.04. The van der Waals surface area contributed by atoms with Crippen molar-refractivity contribution in [3.63, 3.8) is 0 Å². The van der Waals surface area contributed by atoms with E-state index in [4.69, 9.17) is 14.5 Å². The molecule has 0 spiro atoms. The van der Waals surface area contributed by atoms with Gasteiger partial charge in [-0.1, -0.05) is 0 Å². The fraction of sp³-hybridized carbons (Fsp3) is 0.375. The molecule has 1 heterocycles. The van der Waals surface area contributed by atoms with Crippen LogP contribution in [0.3, 0.4) is 0 Å². The highest BCUT2D eigenvalue weighted by molar-refractivity contribution is 7.51. The molecule has 0 aliphatic heterocycles. The monoisotopic (exact) mass is 250 g/mol. The third-order valence-electron chi connectivity index (χ3n) is 1.50. The molecule has 0 aliphatic carbocycles. The topological polar surface area (TPSA) is 83.8 Å². The van der Waals surface area contributed by atoms with Crippen molar-refractivity contribution in [2.45, 2.75) is 13.1 Å². The number of esters is 1. The van der Waals surface area contributed by atoms with Crippen molar-refractivity contribution in [3.05, 3.63) is 21.9 Å². The van der Waals surface area contributed by atoms with E-state index in [2.05, 4.69) is 0 Å². The van der Waals surface area contributed by atoms with E-state index < -0.39 is 13.6 Å². The van der Waals surface area contributed by atoms with Gasteiger partial charge < -0.3 is 14.5 Å². The summed E-state index contributed by atoms with van der Waals surface area (Å²) in [5.74, 6) is -0.459. The smallest absolute Gasteiger partial charge is 0.348 e. The Morgan fingerprint density at radius 2 is 2.20 bits per heavy atom. The highest BCUT2D eigenvalue weighted by Gasteiger charge is 2.17. The first-order valence-corrected chi connectivity index (χ1v) is 6.84. The Labute approximate surface area is 90.9 Å². The van der Waals surface area contributed by atoms with Gasteiger partial charge >= 0.3 is 13.6 Å². The minimum atomic E-state index is -4.06. The molecule has 1 rings (SSSR count). The van der Waals surface area contributed by atoms with Gasteiger partial charge in [-0.05, 0) is 19.1 Å². The summed E-state index contributed by atoms with van der Waals surface area (Å²) >= 11 is 1.04. The molecule has 0 saturated carbocycles. The molecule has 15 heavy (non-hydrogen) atoms.